The van der Waals surface area contributed by atoms with Gasteiger partial charge in [-0.2, -0.15) is 0 Å². The molecule has 11 heteroatoms. The Morgan fingerprint density at radius 3 is 2.51 bits per heavy atom. The molecule has 5 rings (SSSR count). The summed E-state index contributed by atoms with van der Waals surface area (Å²) in [5, 5.41) is 6.63. The Balaban J connectivity index is 1.61. The summed E-state index contributed by atoms with van der Waals surface area (Å²) in [5.74, 6) is -0.926. The molecule has 3 atom stereocenters. The van der Waals surface area contributed by atoms with Crippen molar-refractivity contribution in [1.82, 2.24) is 19.9 Å². The standard InChI is InChI=1S/C26H28F3N5O3/c1-13(17-5-4-6-18(21(17)27)22(28)29)32-23-19-9-20(25(36)34(3)24(19)31-12-30-23)26(33-14(2)35)10-15-7-8-16(11-26)37-15/h4-6,9,12-13,15-16,22H,7-8,10-11H2,1-3H3,(H,33,35)(H,30,31,32)/t13-,15?,16?,26?/m1/s1. The van der Waals surface area contributed by atoms with Gasteiger partial charge >= 0.3 is 0 Å². The molecule has 2 N–H and O–H groups in total. The van der Waals surface area contributed by atoms with Crippen molar-refractivity contribution in [2.45, 2.75) is 69.7 Å². The monoisotopic (exact) mass is 515 g/mol. The van der Waals surface area contributed by atoms with E-state index in [-0.39, 0.29) is 29.2 Å². The zero-order chi connectivity index (χ0) is 26.5. The van der Waals surface area contributed by atoms with Crippen LogP contribution in [0, 0.1) is 5.82 Å². The number of amides is 1. The first-order chi connectivity index (χ1) is 17.6. The van der Waals surface area contributed by atoms with Gasteiger partial charge < -0.3 is 15.4 Å². The van der Waals surface area contributed by atoms with E-state index < -0.39 is 29.4 Å². The van der Waals surface area contributed by atoms with Crippen LogP contribution in [0.4, 0.5) is 19.0 Å². The number of aromatic nitrogens is 3. The minimum Gasteiger partial charge on any atom is -0.375 e. The number of ether oxygens (including phenoxy) is 1. The highest BCUT2D eigenvalue weighted by Gasteiger charge is 2.48. The number of nitrogens with zero attached hydrogens (tertiary/aromatic N) is 3. The van der Waals surface area contributed by atoms with E-state index in [4.69, 9.17) is 4.74 Å². The predicted molar refractivity (Wildman–Crippen MR) is 131 cm³/mol. The fraction of sp³-hybridized carbons (Fsp3) is 0.462. The first kappa shape index (κ1) is 25.2. The number of carbonyl (C=O) groups is 1. The Kier molecular flexibility index (Phi) is 6.43. The highest BCUT2D eigenvalue weighted by molar-refractivity contribution is 5.87. The molecule has 1 aromatic carbocycles. The number of rotatable bonds is 6. The summed E-state index contributed by atoms with van der Waals surface area (Å²) in [4.78, 5) is 34.4. The van der Waals surface area contributed by atoms with Gasteiger partial charge in [-0.15, -0.1) is 0 Å². The van der Waals surface area contributed by atoms with Gasteiger partial charge in [-0.3, -0.25) is 14.2 Å². The lowest BCUT2D eigenvalue weighted by atomic mass is 9.80. The summed E-state index contributed by atoms with van der Waals surface area (Å²) in [6, 6.07) is 4.84. The Bertz CT molecular complexity index is 1410. The number of benzene rings is 1. The largest absolute Gasteiger partial charge is 0.375 e. The average molecular weight is 516 g/mol. The molecule has 2 saturated heterocycles. The molecule has 196 valence electrons. The van der Waals surface area contributed by atoms with E-state index in [1.807, 2.05) is 0 Å². The SMILES string of the molecule is CC(=O)NC1(c2cc3c(N[C@H](C)c4cccc(C(F)F)c4F)ncnc3n(C)c2=O)CC2CCC(C1)O2. The van der Waals surface area contributed by atoms with Gasteiger partial charge in [0.05, 0.1) is 34.7 Å². The van der Waals surface area contributed by atoms with Crippen molar-refractivity contribution in [2.75, 3.05) is 5.32 Å². The van der Waals surface area contributed by atoms with Gasteiger partial charge in [0.1, 0.15) is 23.6 Å². The van der Waals surface area contributed by atoms with Crippen molar-refractivity contribution < 1.29 is 22.7 Å². The van der Waals surface area contributed by atoms with E-state index in [9.17, 15) is 22.8 Å². The van der Waals surface area contributed by atoms with Gasteiger partial charge in [0.25, 0.3) is 12.0 Å². The van der Waals surface area contributed by atoms with E-state index in [0.29, 0.717) is 35.3 Å². The number of alkyl halides is 2. The predicted octanol–water partition coefficient (Wildman–Crippen LogP) is 4.25. The minimum absolute atomic E-state index is 0.0605. The van der Waals surface area contributed by atoms with Gasteiger partial charge in [0.15, 0.2) is 0 Å². The second kappa shape index (κ2) is 9.44. The van der Waals surface area contributed by atoms with E-state index >= 15 is 0 Å². The third-order valence-corrected chi connectivity index (χ3v) is 7.40. The summed E-state index contributed by atoms with van der Waals surface area (Å²) in [7, 11) is 1.59. The van der Waals surface area contributed by atoms with Crippen LogP contribution in [0.5, 0.6) is 0 Å². The molecule has 2 aliphatic heterocycles. The number of carbonyl (C=O) groups excluding carboxylic acids is 1. The molecule has 37 heavy (non-hydrogen) atoms. The Hall–Kier alpha value is -3.47. The first-order valence-corrected chi connectivity index (χ1v) is 12.2. The smallest absolute Gasteiger partial charge is 0.266 e. The molecule has 2 aliphatic rings. The molecule has 2 unspecified atom stereocenters. The van der Waals surface area contributed by atoms with Crippen LogP contribution in [-0.4, -0.2) is 32.7 Å². The lowest BCUT2D eigenvalue weighted by Crippen LogP contribution is -2.54. The van der Waals surface area contributed by atoms with Gasteiger partial charge in [-0.1, -0.05) is 18.2 Å². The molecule has 4 heterocycles. The zero-order valence-corrected chi connectivity index (χ0v) is 20.7. The van der Waals surface area contributed by atoms with Crippen LogP contribution in [0.25, 0.3) is 11.0 Å². The lowest BCUT2D eigenvalue weighted by Gasteiger charge is -2.41. The minimum atomic E-state index is -2.94. The number of anilines is 1. The summed E-state index contributed by atoms with van der Waals surface area (Å²) in [6.07, 6.45) is 0.837. The van der Waals surface area contributed by atoms with Crippen molar-refractivity contribution in [1.29, 1.82) is 0 Å². The van der Waals surface area contributed by atoms with Crippen LogP contribution in [0.15, 0.2) is 35.4 Å². The van der Waals surface area contributed by atoms with Crippen molar-refractivity contribution in [3.8, 4) is 0 Å². The summed E-state index contributed by atoms with van der Waals surface area (Å²) < 4.78 is 48.7. The average Bonchev–Trinajstić information content (AvgIpc) is 3.19. The van der Waals surface area contributed by atoms with Crippen molar-refractivity contribution in [3.63, 3.8) is 0 Å². The molecule has 0 radical (unpaired) electrons. The van der Waals surface area contributed by atoms with Gasteiger partial charge in [0.2, 0.25) is 5.91 Å². The third kappa shape index (κ3) is 4.45. The van der Waals surface area contributed by atoms with Crippen LogP contribution in [0.3, 0.4) is 0 Å². The maximum atomic E-state index is 14.8. The van der Waals surface area contributed by atoms with E-state index in [1.165, 1.54) is 30.0 Å². The fourth-order valence-corrected chi connectivity index (χ4v) is 5.75. The van der Waals surface area contributed by atoms with Gasteiger partial charge in [-0.05, 0) is 25.8 Å². The quantitative estimate of drug-likeness (QED) is 0.510. The molecule has 0 spiro atoms. The third-order valence-electron chi connectivity index (χ3n) is 7.40. The van der Waals surface area contributed by atoms with Crippen LogP contribution < -0.4 is 16.2 Å². The highest BCUT2D eigenvalue weighted by Crippen LogP contribution is 2.44. The molecule has 0 saturated carbocycles. The molecule has 2 aromatic heterocycles. The maximum absolute atomic E-state index is 14.8. The van der Waals surface area contributed by atoms with Crippen LogP contribution in [-0.2, 0) is 22.1 Å². The normalized spacial score (nSPS) is 23.9. The number of nitrogens with one attached hydrogen (secondary N) is 2. The van der Waals surface area contributed by atoms with Crippen molar-refractivity contribution in [2.24, 2.45) is 7.05 Å². The van der Waals surface area contributed by atoms with Crippen molar-refractivity contribution >= 4 is 22.8 Å². The summed E-state index contributed by atoms with van der Waals surface area (Å²) >= 11 is 0. The number of halogens is 3. The van der Waals surface area contributed by atoms with Gasteiger partial charge in [0, 0.05) is 37.9 Å². The zero-order valence-electron chi connectivity index (χ0n) is 20.7. The molecule has 3 aromatic rings. The maximum Gasteiger partial charge on any atom is 0.266 e. The second-order valence-corrected chi connectivity index (χ2v) is 9.93. The van der Waals surface area contributed by atoms with Crippen LogP contribution >= 0.6 is 0 Å². The Morgan fingerprint density at radius 1 is 1.19 bits per heavy atom. The molecule has 8 nitrogen and oxygen atoms in total. The number of hydrogen-bond donors (Lipinski definition) is 2. The number of fused-ring (bicyclic) bond motifs is 3. The molecular weight excluding hydrogens is 487 g/mol. The van der Waals surface area contributed by atoms with E-state index in [2.05, 4.69) is 20.6 Å². The molecule has 0 aliphatic carbocycles. The molecule has 2 fully saturated rings. The summed E-state index contributed by atoms with van der Waals surface area (Å²) in [5.41, 5.74) is -1.09. The number of pyridine rings is 1. The van der Waals surface area contributed by atoms with Crippen LogP contribution in [0.2, 0.25) is 0 Å². The number of hydrogen-bond acceptors (Lipinski definition) is 6. The van der Waals surface area contributed by atoms with E-state index in [0.717, 1.165) is 18.9 Å². The molecular formula is C26H28F3N5O3. The lowest BCUT2D eigenvalue weighted by molar-refractivity contribution is -0.124. The first-order valence-electron chi connectivity index (χ1n) is 12.2. The van der Waals surface area contributed by atoms with Crippen molar-refractivity contribution in [3.05, 3.63) is 63.5 Å². The molecule has 1 amide bonds. The Labute approximate surface area is 211 Å². The Morgan fingerprint density at radius 2 is 1.86 bits per heavy atom. The molecule has 2 bridgehead atoms. The van der Waals surface area contributed by atoms with Crippen LogP contribution in [0.1, 0.15) is 68.7 Å². The highest BCUT2D eigenvalue weighted by atomic mass is 19.3. The second-order valence-electron chi connectivity index (χ2n) is 9.93. The fourth-order valence-electron chi connectivity index (χ4n) is 5.75. The van der Waals surface area contributed by atoms with Gasteiger partial charge in [-0.25, -0.2) is 23.1 Å². The topological polar surface area (TPSA) is 98.1 Å². The van der Waals surface area contributed by atoms with E-state index in [1.54, 1.807) is 20.0 Å². The summed E-state index contributed by atoms with van der Waals surface area (Å²) in [6.45, 7) is 3.06. The number of aryl methyl sites for hydroxylation is 1.